The van der Waals surface area contributed by atoms with E-state index in [0.717, 1.165) is 35.7 Å². The predicted octanol–water partition coefficient (Wildman–Crippen LogP) is 3.69. The Hall–Kier alpha value is -1.70. The molecule has 1 aliphatic heterocycles. The molecule has 6 nitrogen and oxygen atoms in total. The van der Waals surface area contributed by atoms with Crippen LogP contribution in [-0.2, 0) is 6.42 Å². The maximum atomic E-state index is 11.4. The summed E-state index contributed by atoms with van der Waals surface area (Å²) in [5, 5.41) is 10.2. The van der Waals surface area contributed by atoms with Gasteiger partial charge in [0.2, 0.25) is 0 Å². The number of aromatic carboxylic acids is 1. The molecule has 1 aliphatic rings. The Bertz CT molecular complexity index is 726. The number of nitrogens with one attached hydrogen (secondary N) is 1. The summed E-state index contributed by atoms with van der Waals surface area (Å²) in [6.45, 7) is 2.52. The van der Waals surface area contributed by atoms with Gasteiger partial charge in [0, 0.05) is 18.1 Å². The zero-order valence-corrected chi connectivity index (χ0v) is 13.2. The number of carbonyl (C=O) groups is 1. The van der Waals surface area contributed by atoms with Gasteiger partial charge >= 0.3 is 5.97 Å². The zero-order valence-electron chi connectivity index (χ0n) is 12.4. The molecular weight excluding hydrogens is 304 g/mol. The standard InChI is InChI=1S/C15H20N2O4S/c1-2-10-9-16-14-12(10)7-11(15(18)19)8-13(14)17-5-3-4-6-22(17,20)21/h7-9,16,20-21H,2-6H2,1H3,(H,18,19). The van der Waals surface area contributed by atoms with Crippen molar-refractivity contribution in [3.05, 3.63) is 29.5 Å². The molecule has 1 aromatic carbocycles. The van der Waals surface area contributed by atoms with E-state index in [4.69, 9.17) is 0 Å². The second kappa shape index (κ2) is 5.49. The van der Waals surface area contributed by atoms with Gasteiger partial charge < -0.3 is 10.1 Å². The van der Waals surface area contributed by atoms with Crippen molar-refractivity contribution in [3.8, 4) is 0 Å². The SMILES string of the molecule is CCc1c[nH]c2c(N3CCCCS3(O)O)cc(C(=O)O)cc12. The number of fused-ring (bicyclic) bond motifs is 1. The van der Waals surface area contributed by atoms with Crippen LogP contribution in [0.1, 0.15) is 35.7 Å². The molecule has 7 heteroatoms. The summed E-state index contributed by atoms with van der Waals surface area (Å²) in [7, 11) is -2.89. The van der Waals surface area contributed by atoms with Crippen LogP contribution in [0.25, 0.3) is 10.9 Å². The van der Waals surface area contributed by atoms with E-state index in [0.29, 0.717) is 18.0 Å². The highest BCUT2D eigenvalue weighted by Crippen LogP contribution is 2.51. The van der Waals surface area contributed by atoms with E-state index in [1.165, 1.54) is 6.07 Å². The highest BCUT2D eigenvalue weighted by Gasteiger charge is 2.29. The zero-order chi connectivity index (χ0) is 15.9. The Morgan fingerprint density at radius 1 is 1.36 bits per heavy atom. The summed E-state index contributed by atoms with van der Waals surface area (Å²) in [5.41, 5.74) is 2.52. The third kappa shape index (κ3) is 2.45. The van der Waals surface area contributed by atoms with Crippen LogP contribution in [0.5, 0.6) is 0 Å². The first kappa shape index (κ1) is 15.2. The molecular formula is C15H20N2O4S. The fraction of sp³-hybridized carbons (Fsp3) is 0.400. The van der Waals surface area contributed by atoms with Gasteiger partial charge in [0.15, 0.2) is 0 Å². The molecule has 0 bridgehead atoms. The molecule has 22 heavy (non-hydrogen) atoms. The van der Waals surface area contributed by atoms with Gasteiger partial charge in [-0.05, 0) is 37.0 Å². The third-order valence-corrected chi connectivity index (χ3v) is 6.05. The van der Waals surface area contributed by atoms with Gasteiger partial charge in [-0.25, -0.2) is 4.79 Å². The normalized spacial score (nSPS) is 19.3. The molecule has 4 N–H and O–H groups in total. The largest absolute Gasteiger partial charge is 0.478 e. The Labute approximate surface area is 130 Å². The lowest BCUT2D eigenvalue weighted by Gasteiger charge is -2.47. The first-order valence-electron chi connectivity index (χ1n) is 7.35. The van der Waals surface area contributed by atoms with Gasteiger partial charge in [-0.1, -0.05) is 6.92 Å². The van der Waals surface area contributed by atoms with E-state index in [2.05, 4.69) is 4.98 Å². The van der Waals surface area contributed by atoms with Crippen molar-refractivity contribution in [2.75, 3.05) is 16.6 Å². The van der Waals surface area contributed by atoms with Crippen LogP contribution in [0.15, 0.2) is 18.3 Å². The molecule has 2 aromatic rings. The van der Waals surface area contributed by atoms with Crippen LogP contribution in [0, 0.1) is 0 Å². The van der Waals surface area contributed by atoms with Crippen molar-refractivity contribution in [1.29, 1.82) is 0 Å². The summed E-state index contributed by atoms with van der Waals surface area (Å²) >= 11 is 0. The molecule has 0 radical (unpaired) electrons. The van der Waals surface area contributed by atoms with Gasteiger partial charge in [0.05, 0.1) is 22.5 Å². The smallest absolute Gasteiger partial charge is 0.335 e. The number of aryl methyl sites for hydroxylation is 1. The molecule has 0 atom stereocenters. The minimum Gasteiger partial charge on any atom is -0.478 e. The molecule has 0 amide bonds. The van der Waals surface area contributed by atoms with E-state index >= 15 is 0 Å². The molecule has 1 aromatic heterocycles. The summed E-state index contributed by atoms with van der Waals surface area (Å²) in [5.74, 6) is -0.687. The highest BCUT2D eigenvalue weighted by molar-refractivity contribution is 8.25. The molecule has 1 saturated heterocycles. The van der Waals surface area contributed by atoms with E-state index in [1.54, 1.807) is 10.4 Å². The molecule has 1 fully saturated rings. The van der Waals surface area contributed by atoms with Crippen molar-refractivity contribution in [2.24, 2.45) is 0 Å². The summed E-state index contributed by atoms with van der Waals surface area (Å²) in [6, 6.07) is 3.17. The maximum Gasteiger partial charge on any atom is 0.335 e. The monoisotopic (exact) mass is 324 g/mol. The van der Waals surface area contributed by atoms with Crippen molar-refractivity contribution in [1.82, 2.24) is 4.98 Å². The Kier molecular flexibility index (Phi) is 3.80. The average molecular weight is 324 g/mol. The van der Waals surface area contributed by atoms with Crippen LogP contribution in [0.3, 0.4) is 0 Å². The van der Waals surface area contributed by atoms with Gasteiger partial charge in [-0.2, -0.15) is 0 Å². The molecule has 2 heterocycles. The third-order valence-electron chi connectivity index (χ3n) is 4.13. The van der Waals surface area contributed by atoms with E-state index in [-0.39, 0.29) is 5.56 Å². The molecule has 0 aliphatic carbocycles. The Morgan fingerprint density at radius 3 is 2.77 bits per heavy atom. The van der Waals surface area contributed by atoms with Crippen LogP contribution in [0.4, 0.5) is 5.69 Å². The number of anilines is 1. The number of nitrogens with zero attached hydrogens (tertiary/aromatic N) is 1. The predicted molar refractivity (Wildman–Crippen MR) is 88.9 cm³/mol. The number of aromatic nitrogens is 1. The molecule has 3 rings (SSSR count). The van der Waals surface area contributed by atoms with E-state index < -0.39 is 16.7 Å². The number of rotatable bonds is 3. The fourth-order valence-corrected chi connectivity index (χ4v) is 4.66. The lowest BCUT2D eigenvalue weighted by molar-refractivity contribution is 0.0697. The highest BCUT2D eigenvalue weighted by atomic mass is 32.3. The summed E-state index contributed by atoms with van der Waals surface area (Å²) in [4.78, 5) is 14.6. The van der Waals surface area contributed by atoms with Crippen molar-refractivity contribution in [3.63, 3.8) is 0 Å². The number of hydrogen-bond donors (Lipinski definition) is 4. The van der Waals surface area contributed by atoms with Gasteiger partial charge in [0.1, 0.15) is 0 Å². The quantitative estimate of drug-likeness (QED) is 0.690. The Balaban J connectivity index is 2.23. The van der Waals surface area contributed by atoms with Crippen LogP contribution in [0.2, 0.25) is 0 Å². The van der Waals surface area contributed by atoms with E-state index in [9.17, 15) is 19.0 Å². The topological polar surface area (TPSA) is 96.8 Å². The number of benzene rings is 1. The lowest BCUT2D eigenvalue weighted by Crippen LogP contribution is -2.34. The van der Waals surface area contributed by atoms with Crippen LogP contribution < -0.4 is 4.31 Å². The minimum absolute atomic E-state index is 0.164. The van der Waals surface area contributed by atoms with Crippen molar-refractivity contribution < 1.29 is 19.0 Å². The first-order chi connectivity index (χ1) is 10.4. The van der Waals surface area contributed by atoms with Gasteiger partial charge in [0.25, 0.3) is 0 Å². The van der Waals surface area contributed by atoms with Crippen molar-refractivity contribution in [2.45, 2.75) is 26.2 Å². The minimum atomic E-state index is -2.89. The fourth-order valence-electron chi connectivity index (χ4n) is 2.97. The second-order valence-electron chi connectivity index (χ2n) is 5.54. The van der Waals surface area contributed by atoms with Gasteiger partial charge in [-0.3, -0.25) is 13.4 Å². The first-order valence-corrected chi connectivity index (χ1v) is 9.02. The van der Waals surface area contributed by atoms with Crippen LogP contribution >= 0.6 is 10.8 Å². The number of H-pyrrole nitrogens is 1. The number of carboxylic acids is 1. The van der Waals surface area contributed by atoms with Gasteiger partial charge in [-0.15, -0.1) is 10.8 Å². The lowest BCUT2D eigenvalue weighted by atomic mass is 10.1. The second-order valence-corrected chi connectivity index (χ2v) is 7.65. The molecule has 120 valence electrons. The molecule has 0 spiro atoms. The number of aromatic amines is 1. The average Bonchev–Trinajstić information content (AvgIpc) is 2.89. The maximum absolute atomic E-state index is 11.4. The van der Waals surface area contributed by atoms with Crippen molar-refractivity contribution >= 4 is 33.3 Å². The summed E-state index contributed by atoms with van der Waals surface area (Å²) < 4.78 is 22.3. The van der Waals surface area contributed by atoms with E-state index in [1.807, 2.05) is 13.1 Å². The Morgan fingerprint density at radius 2 is 2.14 bits per heavy atom. The molecule has 0 unspecified atom stereocenters. The summed E-state index contributed by atoms with van der Waals surface area (Å²) in [6.07, 6.45) is 4.26. The number of hydrogen-bond acceptors (Lipinski definition) is 4. The molecule has 0 saturated carbocycles. The van der Waals surface area contributed by atoms with Crippen LogP contribution in [-0.4, -0.2) is 37.5 Å². The number of carboxylic acid groups (broad SMARTS) is 1.